The van der Waals surface area contributed by atoms with Crippen LogP contribution in [0.4, 0.5) is 4.79 Å². The Morgan fingerprint density at radius 1 is 1.37 bits per heavy atom. The molecule has 2 aromatic rings. The minimum atomic E-state index is -0.974. The molecule has 2 aromatic heterocycles. The number of carboxylic acid groups (broad SMARTS) is 1. The van der Waals surface area contributed by atoms with Crippen LogP contribution in [-0.4, -0.2) is 56.4 Å². The van der Waals surface area contributed by atoms with E-state index in [2.05, 4.69) is 37.1 Å². The molecule has 0 radical (unpaired) electrons. The first-order valence-corrected chi connectivity index (χ1v) is 10.3. The zero-order valence-corrected chi connectivity index (χ0v) is 18.1. The molecule has 0 unspecified atom stereocenters. The van der Waals surface area contributed by atoms with Crippen molar-refractivity contribution in [2.45, 2.75) is 51.6 Å². The lowest BCUT2D eigenvalue weighted by molar-refractivity contribution is -0.974. The Labute approximate surface area is 176 Å². The van der Waals surface area contributed by atoms with Gasteiger partial charge in [0.1, 0.15) is 6.07 Å². The summed E-state index contributed by atoms with van der Waals surface area (Å²) in [5.41, 5.74) is 2.62. The number of likely N-dealkylation sites (tertiary alicyclic amines) is 1. The molecule has 3 rings (SSSR count). The maximum atomic E-state index is 12.2. The molecule has 1 fully saturated rings. The van der Waals surface area contributed by atoms with Crippen LogP contribution in [0.3, 0.4) is 0 Å². The minimum Gasteiger partial charge on any atom is -0.465 e. The number of hydrogen-bond acceptors (Lipinski definition) is 4. The zero-order chi connectivity index (χ0) is 22.1. The molecule has 1 saturated heterocycles. The third kappa shape index (κ3) is 4.03. The first-order valence-electron chi connectivity index (χ1n) is 10.3. The summed E-state index contributed by atoms with van der Waals surface area (Å²) in [6.07, 6.45) is 2.83. The van der Waals surface area contributed by atoms with Crippen molar-refractivity contribution in [2.24, 2.45) is 7.05 Å². The van der Waals surface area contributed by atoms with Crippen molar-refractivity contribution in [1.82, 2.24) is 14.9 Å². The Bertz CT molecular complexity index is 1050. The van der Waals surface area contributed by atoms with Crippen LogP contribution >= 0.6 is 0 Å². The number of aromatic nitrogens is 2. The maximum Gasteiger partial charge on any atom is 0.404 e. The van der Waals surface area contributed by atoms with Crippen LogP contribution in [0.15, 0.2) is 23.1 Å². The van der Waals surface area contributed by atoms with Crippen molar-refractivity contribution in [2.75, 3.05) is 19.6 Å². The quantitative estimate of drug-likeness (QED) is 0.750. The Hall–Kier alpha value is -2.92. The number of pyridine rings is 2. The van der Waals surface area contributed by atoms with Crippen LogP contribution in [0, 0.1) is 11.3 Å². The lowest BCUT2D eigenvalue weighted by atomic mass is 9.91. The molecule has 2 N–H and O–H groups in total. The van der Waals surface area contributed by atoms with Gasteiger partial charge in [0.15, 0.2) is 0 Å². The van der Waals surface area contributed by atoms with Crippen LogP contribution in [0.5, 0.6) is 0 Å². The fraction of sp³-hybridized carbons (Fsp3) is 0.545. The topological polar surface area (TPSA) is 108 Å². The highest BCUT2D eigenvalue weighted by Crippen LogP contribution is 2.32. The number of hydrogen-bond donors (Lipinski definition) is 2. The zero-order valence-electron chi connectivity index (χ0n) is 18.1. The standard InChI is InChI=1S/C22H29N5O3/c1-22(2,3)27(10-7-16(8-11-27)25-21(29)30)12-9-17-15(13-23)14-24-18-5-6-19(28)26(4)20(17)18/h5-6,14,16,25H,7-12H2,1-4H3/p+1. The van der Waals surface area contributed by atoms with Crippen molar-refractivity contribution in [3.05, 3.63) is 39.8 Å². The molecule has 160 valence electrons. The highest BCUT2D eigenvalue weighted by atomic mass is 16.4. The molecule has 8 heteroatoms. The number of nitrogens with zero attached hydrogens (tertiary/aromatic N) is 4. The van der Waals surface area contributed by atoms with Crippen molar-refractivity contribution in [1.29, 1.82) is 5.26 Å². The van der Waals surface area contributed by atoms with Gasteiger partial charge in [-0.1, -0.05) is 0 Å². The Morgan fingerprint density at radius 3 is 2.60 bits per heavy atom. The average Bonchev–Trinajstić information content (AvgIpc) is 2.68. The van der Waals surface area contributed by atoms with E-state index in [1.165, 1.54) is 6.07 Å². The number of nitrogens with one attached hydrogen (secondary N) is 1. The van der Waals surface area contributed by atoms with E-state index < -0.39 is 6.09 Å². The molecule has 0 spiro atoms. The van der Waals surface area contributed by atoms with E-state index in [4.69, 9.17) is 5.11 Å². The number of piperidine rings is 1. The van der Waals surface area contributed by atoms with E-state index >= 15 is 0 Å². The Balaban J connectivity index is 1.95. The third-order valence-electron chi connectivity index (χ3n) is 6.71. The summed E-state index contributed by atoms with van der Waals surface area (Å²) >= 11 is 0. The number of rotatable bonds is 4. The molecule has 3 heterocycles. The Morgan fingerprint density at radius 2 is 2.03 bits per heavy atom. The van der Waals surface area contributed by atoms with Crippen LogP contribution in [0.25, 0.3) is 11.0 Å². The molecule has 1 aliphatic heterocycles. The summed E-state index contributed by atoms with van der Waals surface area (Å²) in [6.45, 7) is 9.16. The molecule has 0 aliphatic carbocycles. The van der Waals surface area contributed by atoms with Gasteiger partial charge in [0.2, 0.25) is 0 Å². The van der Waals surface area contributed by atoms with Gasteiger partial charge in [-0.3, -0.25) is 9.78 Å². The van der Waals surface area contributed by atoms with Gasteiger partial charge in [-0.2, -0.15) is 5.26 Å². The predicted molar refractivity (Wildman–Crippen MR) is 114 cm³/mol. The first kappa shape index (κ1) is 21.8. The molecule has 1 aliphatic rings. The molecular formula is C22H30N5O3+. The lowest BCUT2D eigenvalue weighted by Gasteiger charge is -2.52. The number of fused-ring (bicyclic) bond motifs is 1. The molecular weight excluding hydrogens is 382 g/mol. The van der Waals surface area contributed by atoms with Crippen molar-refractivity contribution < 1.29 is 14.4 Å². The maximum absolute atomic E-state index is 12.2. The van der Waals surface area contributed by atoms with Crippen molar-refractivity contribution >= 4 is 17.1 Å². The lowest BCUT2D eigenvalue weighted by Crippen LogP contribution is -2.65. The van der Waals surface area contributed by atoms with Crippen LogP contribution in [0.1, 0.15) is 44.7 Å². The minimum absolute atomic E-state index is 0.0200. The highest BCUT2D eigenvalue weighted by Gasteiger charge is 2.43. The second-order valence-electron chi connectivity index (χ2n) is 9.19. The van der Waals surface area contributed by atoms with Gasteiger partial charge >= 0.3 is 6.09 Å². The second kappa shape index (κ2) is 8.07. The van der Waals surface area contributed by atoms with E-state index in [1.807, 2.05) is 0 Å². The largest absolute Gasteiger partial charge is 0.465 e. The van der Waals surface area contributed by atoms with Gasteiger partial charge < -0.3 is 19.5 Å². The summed E-state index contributed by atoms with van der Waals surface area (Å²) in [5.74, 6) is 0. The van der Waals surface area contributed by atoms with E-state index in [1.54, 1.807) is 23.9 Å². The van der Waals surface area contributed by atoms with Gasteiger partial charge in [-0.25, -0.2) is 4.79 Å². The Kier molecular flexibility index (Phi) is 5.86. The monoisotopic (exact) mass is 412 g/mol. The van der Waals surface area contributed by atoms with Crippen molar-refractivity contribution in [3.8, 4) is 6.07 Å². The fourth-order valence-electron chi connectivity index (χ4n) is 4.71. The number of aryl methyl sites for hydroxylation is 1. The molecule has 0 atom stereocenters. The summed E-state index contributed by atoms with van der Waals surface area (Å²) < 4.78 is 2.41. The number of quaternary nitrogens is 1. The fourth-order valence-corrected chi connectivity index (χ4v) is 4.71. The molecule has 30 heavy (non-hydrogen) atoms. The van der Waals surface area contributed by atoms with E-state index in [0.717, 1.165) is 48.0 Å². The van der Waals surface area contributed by atoms with Crippen LogP contribution in [-0.2, 0) is 13.5 Å². The van der Waals surface area contributed by atoms with Gasteiger partial charge in [-0.15, -0.1) is 0 Å². The number of nitriles is 1. The van der Waals surface area contributed by atoms with Gasteiger partial charge in [0.25, 0.3) is 5.56 Å². The average molecular weight is 413 g/mol. The summed E-state index contributed by atoms with van der Waals surface area (Å²) in [4.78, 5) is 27.6. The number of amides is 1. The molecule has 1 amide bonds. The van der Waals surface area contributed by atoms with Crippen molar-refractivity contribution in [3.63, 3.8) is 0 Å². The van der Waals surface area contributed by atoms with Gasteiger partial charge in [0, 0.05) is 50.2 Å². The number of carbonyl (C=O) groups is 1. The molecule has 0 aromatic carbocycles. The summed E-state index contributed by atoms with van der Waals surface area (Å²) in [7, 11) is 1.72. The third-order valence-corrected chi connectivity index (χ3v) is 6.71. The predicted octanol–water partition coefficient (Wildman–Crippen LogP) is 2.39. The SMILES string of the molecule is Cn1c(=O)ccc2ncc(C#N)c(CC[N+]3(C(C)(C)C)CCC(NC(=O)O)CC3)c21. The first-order chi connectivity index (χ1) is 14.1. The second-order valence-corrected chi connectivity index (χ2v) is 9.19. The molecule has 0 saturated carbocycles. The normalized spacial score (nSPS) is 21.9. The van der Waals surface area contributed by atoms with E-state index in [-0.39, 0.29) is 17.1 Å². The van der Waals surface area contributed by atoms with E-state index in [0.29, 0.717) is 17.5 Å². The van der Waals surface area contributed by atoms with E-state index in [9.17, 15) is 14.9 Å². The smallest absolute Gasteiger partial charge is 0.404 e. The summed E-state index contributed by atoms with van der Waals surface area (Å²) in [5, 5.41) is 21.3. The summed E-state index contributed by atoms with van der Waals surface area (Å²) in [6, 6.07) is 5.42. The molecule has 0 bridgehead atoms. The molecule has 8 nitrogen and oxygen atoms in total. The van der Waals surface area contributed by atoms with Gasteiger partial charge in [0.05, 0.1) is 41.8 Å². The van der Waals surface area contributed by atoms with Crippen LogP contribution < -0.4 is 10.9 Å². The highest BCUT2D eigenvalue weighted by molar-refractivity contribution is 5.80. The van der Waals surface area contributed by atoms with Gasteiger partial charge in [-0.05, 0) is 26.8 Å². The van der Waals surface area contributed by atoms with Crippen LogP contribution in [0.2, 0.25) is 0 Å².